The van der Waals surface area contributed by atoms with Gasteiger partial charge in [0.1, 0.15) is 11.0 Å². The number of hydrogen-bond acceptors (Lipinski definition) is 4. The Morgan fingerprint density at radius 1 is 1.14 bits per heavy atom. The molecule has 4 rings (SSSR count). The van der Waals surface area contributed by atoms with Gasteiger partial charge in [0.05, 0.1) is 23.3 Å². The zero-order chi connectivity index (χ0) is 14.9. The lowest BCUT2D eigenvalue weighted by Gasteiger charge is -2.26. The van der Waals surface area contributed by atoms with Crippen LogP contribution in [-0.4, -0.2) is 14.7 Å². The summed E-state index contributed by atoms with van der Waals surface area (Å²) in [5.74, 6) is -0.0694. The highest BCUT2D eigenvalue weighted by Gasteiger charge is 2.23. The highest BCUT2D eigenvalue weighted by molar-refractivity contribution is 7.00. The van der Waals surface area contributed by atoms with Gasteiger partial charge in [0.2, 0.25) is 0 Å². The van der Waals surface area contributed by atoms with E-state index in [-0.39, 0.29) is 11.9 Å². The molecule has 4 nitrogen and oxygen atoms in total. The molecule has 0 aliphatic heterocycles. The molecule has 0 fully saturated rings. The van der Waals surface area contributed by atoms with Crippen LogP contribution in [0.1, 0.15) is 40.4 Å². The van der Waals surface area contributed by atoms with E-state index in [9.17, 15) is 4.79 Å². The fourth-order valence-electron chi connectivity index (χ4n) is 3.13. The highest BCUT2D eigenvalue weighted by Crippen LogP contribution is 2.30. The van der Waals surface area contributed by atoms with Crippen LogP contribution < -0.4 is 5.32 Å². The van der Waals surface area contributed by atoms with Gasteiger partial charge in [0.15, 0.2) is 0 Å². The maximum absolute atomic E-state index is 12.7. The standard InChI is InChI=1S/C17H15N3OS/c21-17(13-8-4-10-15-16(13)20-22-19-15)18-14-9-3-6-11-5-1-2-7-12(11)14/h1-2,4-5,7-8,10,14H,3,6,9H2,(H,18,21). The lowest BCUT2D eigenvalue weighted by Crippen LogP contribution is -2.31. The third-order valence-corrected chi connectivity index (χ3v) is 4.75. The van der Waals surface area contributed by atoms with E-state index in [0.717, 1.165) is 36.5 Å². The second-order valence-electron chi connectivity index (χ2n) is 5.55. The fraction of sp³-hybridized carbons (Fsp3) is 0.235. The molecule has 1 aliphatic rings. The SMILES string of the molecule is O=C(NC1CCCc2ccccc21)c1cccc2nsnc12. The van der Waals surface area contributed by atoms with E-state index in [0.29, 0.717) is 11.1 Å². The van der Waals surface area contributed by atoms with E-state index in [1.165, 1.54) is 11.1 Å². The molecule has 1 N–H and O–H groups in total. The first-order valence-corrected chi connectivity index (χ1v) is 8.16. The van der Waals surface area contributed by atoms with E-state index in [4.69, 9.17) is 0 Å². The van der Waals surface area contributed by atoms with Crippen LogP contribution >= 0.6 is 11.7 Å². The van der Waals surface area contributed by atoms with Gasteiger partial charge in [0, 0.05) is 0 Å². The predicted molar refractivity (Wildman–Crippen MR) is 87.0 cm³/mol. The summed E-state index contributed by atoms with van der Waals surface area (Å²) < 4.78 is 8.44. The zero-order valence-corrected chi connectivity index (χ0v) is 12.8. The fourth-order valence-corrected chi connectivity index (χ4v) is 3.68. The number of carbonyl (C=O) groups excluding carboxylic acids is 1. The topological polar surface area (TPSA) is 54.9 Å². The van der Waals surface area contributed by atoms with Crippen molar-refractivity contribution in [1.29, 1.82) is 0 Å². The van der Waals surface area contributed by atoms with Crippen LogP contribution in [0.2, 0.25) is 0 Å². The van der Waals surface area contributed by atoms with Gasteiger partial charge in [0.25, 0.3) is 5.91 Å². The van der Waals surface area contributed by atoms with E-state index >= 15 is 0 Å². The maximum atomic E-state index is 12.7. The number of nitrogens with one attached hydrogen (secondary N) is 1. The van der Waals surface area contributed by atoms with Crippen LogP contribution in [0.15, 0.2) is 42.5 Å². The summed E-state index contributed by atoms with van der Waals surface area (Å²) in [6.07, 6.45) is 3.17. The molecule has 110 valence electrons. The summed E-state index contributed by atoms with van der Waals surface area (Å²) >= 11 is 1.14. The first kappa shape index (κ1) is 13.4. The van der Waals surface area contributed by atoms with Crippen molar-refractivity contribution in [3.05, 3.63) is 59.2 Å². The molecule has 1 atom stereocenters. The molecular formula is C17H15N3OS. The smallest absolute Gasteiger partial charge is 0.254 e. The number of carbonyl (C=O) groups is 1. The molecule has 2 aromatic carbocycles. The second kappa shape index (κ2) is 5.50. The van der Waals surface area contributed by atoms with Crippen LogP contribution in [0.25, 0.3) is 11.0 Å². The molecule has 1 heterocycles. The lowest BCUT2D eigenvalue weighted by molar-refractivity contribution is 0.0934. The molecule has 22 heavy (non-hydrogen) atoms. The molecule has 1 aliphatic carbocycles. The van der Waals surface area contributed by atoms with Crippen LogP contribution in [0.3, 0.4) is 0 Å². The van der Waals surface area contributed by atoms with Gasteiger partial charge in [-0.25, -0.2) is 0 Å². The average molecular weight is 309 g/mol. The quantitative estimate of drug-likeness (QED) is 0.788. The number of fused-ring (bicyclic) bond motifs is 2. The number of amides is 1. The van der Waals surface area contributed by atoms with Gasteiger partial charge < -0.3 is 5.32 Å². The maximum Gasteiger partial charge on any atom is 0.254 e. The second-order valence-corrected chi connectivity index (χ2v) is 6.08. The summed E-state index contributed by atoms with van der Waals surface area (Å²) in [6.45, 7) is 0. The Morgan fingerprint density at radius 3 is 3.00 bits per heavy atom. The summed E-state index contributed by atoms with van der Waals surface area (Å²) in [6, 6.07) is 14.0. The first-order valence-electron chi connectivity index (χ1n) is 7.43. The highest BCUT2D eigenvalue weighted by atomic mass is 32.1. The van der Waals surface area contributed by atoms with Crippen LogP contribution in [0.5, 0.6) is 0 Å². The first-order chi connectivity index (χ1) is 10.8. The number of benzene rings is 2. The van der Waals surface area contributed by atoms with Gasteiger partial charge in [-0.15, -0.1) is 0 Å². The minimum atomic E-state index is -0.0694. The normalized spacial score (nSPS) is 17.2. The molecule has 5 heteroatoms. The van der Waals surface area contributed by atoms with Crippen molar-refractivity contribution in [2.75, 3.05) is 0 Å². The van der Waals surface area contributed by atoms with E-state index in [1.54, 1.807) is 0 Å². The van der Waals surface area contributed by atoms with Crippen molar-refractivity contribution >= 4 is 28.7 Å². The molecule has 0 spiro atoms. The Labute approximate surface area is 132 Å². The predicted octanol–water partition coefficient (Wildman–Crippen LogP) is 3.50. The van der Waals surface area contributed by atoms with E-state index in [2.05, 4.69) is 32.3 Å². The Hall–Kier alpha value is -2.27. The van der Waals surface area contributed by atoms with Gasteiger partial charge >= 0.3 is 0 Å². The summed E-state index contributed by atoms with van der Waals surface area (Å²) in [4.78, 5) is 12.7. The molecule has 1 amide bonds. The summed E-state index contributed by atoms with van der Waals surface area (Å²) in [7, 11) is 0. The van der Waals surface area contributed by atoms with Gasteiger partial charge in [-0.1, -0.05) is 30.3 Å². The molecule has 1 aromatic heterocycles. The van der Waals surface area contributed by atoms with Crippen LogP contribution in [0, 0.1) is 0 Å². The molecule has 0 saturated heterocycles. The van der Waals surface area contributed by atoms with Crippen molar-refractivity contribution < 1.29 is 4.79 Å². The Morgan fingerprint density at radius 2 is 2.05 bits per heavy atom. The number of aromatic nitrogens is 2. The molecular weight excluding hydrogens is 294 g/mol. The number of aryl methyl sites for hydroxylation is 1. The van der Waals surface area contributed by atoms with Crippen molar-refractivity contribution in [2.45, 2.75) is 25.3 Å². The van der Waals surface area contributed by atoms with E-state index in [1.807, 2.05) is 24.3 Å². The monoisotopic (exact) mass is 309 g/mol. The largest absolute Gasteiger partial charge is 0.345 e. The minimum absolute atomic E-state index is 0.0694. The molecule has 0 radical (unpaired) electrons. The molecule has 1 unspecified atom stereocenters. The van der Waals surface area contributed by atoms with Crippen molar-refractivity contribution in [2.24, 2.45) is 0 Å². The Bertz CT molecular complexity index is 843. The molecule has 0 bridgehead atoms. The average Bonchev–Trinajstić information content (AvgIpc) is 3.03. The van der Waals surface area contributed by atoms with Crippen molar-refractivity contribution in [3.63, 3.8) is 0 Å². The van der Waals surface area contributed by atoms with Crippen LogP contribution in [-0.2, 0) is 6.42 Å². The Balaban J connectivity index is 1.64. The number of hydrogen-bond donors (Lipinski definition) is 1. The molecule has 0 saturated carbocycles. The number of rotatable bonds is 2. The zero-order valence-electron chi connectivity index (χ0n) is 12.0. The summed E-state index contributed by atoms with van der Waals surface area (Å²) in [5, 5.41) is 3.17. The Kier molecular flexibility index (Phi) is 3.35. The van der Waals surface area contributed by atoms with E-state index < -0.39 is 0 Å². The van der Waals surface area contributed by atoms with Gasteiger partial charge in [-0.3, -0.25) is 4.79 Å². The van der Waals surface area contributed by atoms with Crippen molar-refractivity contribution in [1.82, 2.24) is 14.1 Å². The third-order valence-electron chi connectivity index (χ3n) is 4.21. The lowest BCUT2D eigenvalue weighted by atomic mass is 9.87. The number of nitrogens with zero attached hydrogens (tertiary/aromatic N) is 2. The minimum Gasteiger partial charge on any atom is -0.345 e. The van der Waals surface area contributed by atoms with Crippen molar-refractivity contribution in [3.8, 4) is 0 Å². The van der Waals surface area contributed by atoms with Gasteiger partial charge in [-0.2, -0.15) is 8.75 Å². The summed E-state index contributed by atoms with van der Waals surface area (Å²) in [5.41, 5.74) is 4.66. The van der Waals surface area contributed by atoms with Crippen LogP contribution in [0.4, 0.5) is 0 Å². The molecule has 3 aromatic rings. The van der Waals surface area contributed by atoms with Gasteiger partial charge in [-0.05, 0) is 42.5 Å². The third kappa shape index (κ3) is 2.27.